The number of hydrogen-bond acceptors (Lipinski definition) is 4. The third-order valence-electron chi connectivity index (χ3n) is 8.94. The molecule has 4 nitrogen and oxygen atoms in total. The lowest BCUT2D eigenvalue weighted by atomic mass is 9.48. The Kier molecular flexibility index (Phi) is 4.45. The van der Waals surface area contributed by atoms with Crippen molar-refractivity contribution in [3.05, 3.63) is 41.7 Å². The smallest absolute Gasteiger partial charge is 0.339 e. The van der Waals surface area contributed by atoms with Crippen molar-refractivity contribution in [2.24, 2.45) is 28.6 Å². The van der Waals surface area contributed by atoms with Crippen LogP contribution in [-0.4, -0.2) is 22.8 Å². The number of pyridine rings is 1. The van der Waals surface area contributed by atoms with Crippen molar-refractivity contribution < 1.29 is 14.3 Å². The summed E-state index contributed by atoms with van der Waals surface area (Å²) < 4.78 is 5.84. The fourth-order valence-corrected chi connectivity index (χ4v) is 7.20. The molecule has 4 aliphatic carbocycles. The maximum absolute atomic E-state index is 12.6. The van der Waals surface area contributed by atoms with Crippen LogP contribution in [0.1, 0.15) is 75.6 Å². The van der Waals surface area contributed by atoms with Crippen LogP contribution in [0.3, 0.4) is 0 Å². The van der Waals surface area contributed by atoms with Crippen molar-refractivity contribution in [1.82, 2.24) is 4.98 Å². The Labute approximate surface area is 173 Å². The Morgan fingerprint density at radius 2 is 1.93 bits per heavy atom. The van der Waals surface area contributed by atoms with Gasteiger partial charge in [0.25, 0.3) is 0 Å². The number of allylic oxidation sites excluding steroid dienone is 1. The molecule has 0 aromatic carbocycles. The van der Waals surface area contributed by atoms with E-state index in [1.165, 1.54) is 5.57 Å². The summed E-state index contributed by atoms with van der Waals surface area (Å²) in [6, 6.07) is 3.53. The largest absolute Gasteiger partial charge is 0.458 e. The van der Waals surface area contributed by atoms with E-state index in [1.807, 2.05) is 0 Å². The van der Waals surface area contributed by atoms with E-state index in [4.69, 9.17) is 4.74 Å². The van der Waals surface area contributed by atoms with Gasteiger partial charge in [-0.3, -0.25) is 9.78 Å². The van der Waals surface area contributed by atoms with E-state index in [9.17, 15) is 9.59 Å². The van der Waals surface area contributed by atoms with Gasteiger partial charge in [-0.2, -0.15) is 0 Å². The molecule has 0 amide bonds. The molecule has 1 aromatic heterocycles. The number of aromatic nitrogens is 1. The van der Waals surface area contributed by atoms with Crippen LogP contribution in [0.4, 0.5) is 0 Å². The zero-order valence-electron chi connectivity index (χ0n) is 17.5. The highest BCUT2D eigenvalue weighted by Crippen LogP contribution is 2.64. The molecular formula is C25H31NO3. The molecule has 0 radical (unpaired) electrons. The first-order valence-corrected chi connectivity index (χ1v) is 11.3. The summed E-state index contributed by atoms with van der Waals surface area (Å²) in [4.78, 5) is 29.0. The highest BCUT2D eigenvalue weighted by Gasteiger charge is 2.58. The Balaban J connectivity index is 1.33. The monoisotopic (exact) mass is 393 g/mol. The van der Waals surface area contributed by atoms with E-state index in [-0.39, 0.29) is 22.9 Å². The van der Waals surface area contributed by atoms with Crippen molar-refractivity contribution in [2.45, 2.75) is 71.3 Å². The lowest BCUT2D eigenvalue weighted by Gasteiger charge is -2.56. The van der Waals surface area contributed by atoms with Gasteiger partial charge in [0.1, 0.15) is 11.9 Å². The summed E-state index contributed by atoms with van der Waals surface area (Å²) in [6.45, 7) is 4.67. The van der Waals surface area contributed by atoms with E-state index in [1.54, 1.807) is 24.5 Å². The van der Waals surface area contributed by atoms with E-state index >= 15 is 0 Å². The molecule has 1 heterocycles. The van der Waals surface area contributed by atoms with Crippen molar-refractivity contribution in [3.8, 4) is 0 Å². The molecule has 0 unspecified atom stereocenters. The minimum absolute atomic E-state index is 0.0412. The van der Waals surface area contributed by atoms with Crippen LogP contribution >= 0.6 is 0 Å². The van der Waals surface area contributed by atoms with Crippen LogP contribution in [-0.2, 0) is 9.53 Å². The standard InChI is InChI=1S/C25H31NO3/c1-24-11-9-18(29-23(28)16-4-3-13-26-15-16)14-17(24)5-6-19-20-7-8-22(27)25(20,2)12-10-21(19)24/h3-5,13,15,18-21H,6-12,14H2,1-2H3/t18-,19-,20-,21+,24-,25-/m0/s1. The van der Waals surface area contributed by atoms with Gasteiger partial charge in [0, 0.05) is 30.7 Å². The number of rotatable bonds is 2. The average Bonchev–Trinajstić information content (AvgIpc) is 3.03. The van der Waals surface area contributed by atoms with E-state index in [2.05, 4.69) is 24.9 Å². The second kappa shape index (κ2) is 6.78. The molecule has 4 heteroatoms. The van der Waals surface area contributed by atoms with Gasteiger partial charge in [0.2, 0.25) is 0 Å². The molecule has 154 valence electrons. The van der Waals surface area contributed by atoms with Crippen LogP contribution in [0.2, 0.25) is 0 Å². The maximum Gasteiger partial charge on any atom is 0.339 e. The quantitative estimate of drug-likeness (QED) is 0.516. The van der Waals surface area contributed by atoms with Crippen LogP contribution in [0.25, 0.3) is 0 Å². The molecule has 3 fully saturated rings. The van der Waals surface area contributed by atoms with Gasteiger partial charge in [-0.1, -0.05) is 25.5 Å². The number of nitrogens with zero attached hydrogens (tertiary/aromatic N) is 1. The zero-order valence-corrected chi connectivity index (χ0v) is 17.5. The number of ketones is 1. The minimum Gasteiger partial charge on any atom is -0.458 e. The highest BCUT2D eigenvalue weighted by atomic mass is 16.5. The maximum atomic E-state index is 12.6. The second-order valence-electron chi connectivity index (χ2n) is 10.2. The van der Waals surface area contributed by atoms with Gasteiger partial charge >= 0.3 is 5.97 Å². The normalized spacial score (nSPS) is 41.0. The molecule has 0 saturated heterocycles. The van der Waals surface area contributed by atoms with E-state index in [0.717, 1.165) is 51.4 Å². The summed E-state index contributed by atoms with van der Waals surface area (Å²) in [5.74, 6) is 2.11. The predicted molar refractivity (Wildman–Crippen MR) is 110 cm³/mol. The van der Waals surface area contributed by atoms with Gasteiger partial charge in [0.15, 0.2) is 0 Å². The first kappa shape index (κ1) is 19.0. The Morgan fingerprint density at radius 1 is 1.14 bits per heavy atom. The van der Waals surface area contributed by atoms with Crippen LogP contribution < -0.4 is 0 Å². The van der Waals surface area contributed by atoms with Crippen LogP contribution in [0, 0.1) is 28.6 Å². The van der Waals surface area contributed by atoms with Crippen molar-refractivity contribution in [2.75, 3.05) is 0 Å². The third kappa shape index (κ3) is 2.90. The first-order valence-electron chi connectivity index (χ1n) is 11.3. The van der Waals surface area contributed by atoms with Gasteiger partial charge in [-0.25, -0.2) is 4.79 Å². The van der Waals surface area contributed by atoms with E-state index < -0.39 is 0 Å². The van der Waals surface area contributed by atoms with Gasteiger partial charge in [-0.05, 0) is 73.8 Å². The first-order chi connectivity index (χ1) is 13.9. The van der Waals surface area contributed by atoms with Crippen molar-refractivity contribution in [3.63, 3.8) is 0 Å². The molecule has 0 spiro atoms. The Hall–Kier alpha value is -1.97. The number of fused-ring (bicyclic) bond motifs is 5. The van der Waals surface area contributed by atoms with Gasteiger partial charge < -0.3 is 4.74 Å². The van der Waals surface area contributed by atoms with Crippen molar-refractivity contribution in [1.29, 1.82) is 0 Å². The number of ether oxygens (including phenoxy) is 1. The minimum atomic E-state index is -0.265. The molecule has 29 heavy (non-hydrogen) atoms. The second-order valence-corrected chi connectivity index (χ2v) is 10.2. The SMILES string of the molecule is C[C@]12CC[C@H](OC(=O)c3cccnc3)CC1=CC[C@@H]1[C@H]2CC[C@]2(C)C(=O)CC[C@@H]12. The Bertz CT molecular complexity index is 862. The van der Waals surface area contributed by atoms with Gasteiger partial charge in [0.05, 0.1) is 5.56 Å². The topological polar surface area (TPSA) is 56.3 Å². The fourth-order valence-electron chi connectivity index (χ4n) is 7.20. The van der Waals surface area contributed by atoms with Crippen LogP contribution in [0.15, 0.2) is 36.2 Å². The molecule has 0 N–H and O–H groups in total. The third-order valence-corrected chi connectivity index (χ3v) is 8.94. The number of esters is 1. The molecule has 0 aliphatic heterocycles. The summed E-state index contributed by atoms with van der Waals surface area (Å²) >= 11 is 0. The number of carbonyl (C=O) groups excluding carboxylic acids is 2. The average molecular weight is 394 g/mol. The number of hydrogen-bond donors (Lipinski definition) is 0. The number of carbonyl (C=O) groups is 2. The summed E-state index contributed by atoms with van der Waals surface area (Å²) in [5, 5.41) is 0. The Morgan fingerprint density at radius 3 is 2.72 bits per heavy atom. The lowest BCUT2D eigenvalue weighted by Crippen LogP contribution is -2.50. The summed E-state index contributed by atoms with van der Waals surface area (Å²) in [7, 11) is 0. The molecule has 4 aliphatic rings. The van der Waals surface area contributed by atoms with E-state index in [0.29, 0.717) is 29.1 Å². The summed E-state index contributed by atoms with van der Waals surface area (Å²) in [5.41, 5.74) is 2.14. The fraction of sp³-hybridized carbons (Fsp3) is 0.640. The predicted octanol–water partition coefficient (Wildman–Crippen LogP) is 5.14. The molecule has 5 rings (SSSR count). The summed E-state index contributed by atoms with van der Waals surface area (Å²) in [6.07, 6.45) is 13.7. The van der Waals surface area contributed by atoms with Gasteiger partial charge in [-0.15, -0.1) is 0 Å². The molecular weight excluding hydrogens is 362 g/mol. The lowest BCUT2D eigenvalue weighted by molar-refractivity contribution is -0.132. The zero-order chi connectivity index (χ0) is 20.2. The molecule has 1 aromatic rings. The highest BCUT2D eigenvalue weighted by molar-refractivity contribution is 5.89. The molecule has 6 atom stereocenters. The van der Waals surface area contributed by atoms with Crippen LogP contribution in [0.5, 0.6) is 0 Å². The molecule has 3 saturated carbocycles. The van der Waals surface area contributed by atoms with Crippen molar-refractivity contribution >= 4 is 11.8 Å². The number of Topliss-reactive ketones (excluding diaryl/α,β-unsaturated/α-hetero) is 1. The molecule has 0 bridgehead atoms.